The van der Waals surface area contributed by atoms with Crippen LogP contribution in [-0.4, -0.2) is 40.5 Å². The summed E-state index contributed by atoms with van der Waals surface area (Å²) in [5, 5.41) is 0. The number of nitrogens with two attached hydrogens (primary N) is 1. The maximum Gasteiger partial charge on any atom is 0.113 e. The van der Waals surface area contributed by atoms with Crippen LogP contribution in [0, 0.1) is 0 Å². The molecular formula is C16H24N4. The lowest BCUT2D eigenvalue weighted by Crippen LogP contribution is -2.45. The summed E-state index contributed by atoms with van der Waals surface area (Å²) < 4.78 is 0. The van der Waals surface area contributed by atoms with Crippen LogP contribution in [-0.2, 0) is 0 Å². The molecule has 2 unspecified atom stereocenters. The monoisotopic (exact) mass is 272 g/mol. The smallest absolute Gasteiger partial charge is 0.113 e. The predicted molar refractivity (Wildman–Crippen MR) is 82.8 cm³/mol. The molecule has 2 aromatic rings. The molecule has 0 bridgehead atoms. The zero-order chi connectivity index (χ0) is 13.9. The molecule has 1 fully saturated rings. The molecule has 0 saturated carbocycles. The van der Waals surface area contributed by atoms with Crippen molar-refractivity contribution in [2.45, 2.75) is 38.1 Å². The Morgan fingerprint density at radius 3 is 3.00 bits per heavy atom. The molecule has 1 saturated heterocycles. The van der Waals surface area contributed by atoms with Crippen molar-refractivity contribution in [1.82, 2.24) is 14.9 Å². The van der Waals surface area contributed by atoms with E-state index in [4.69, 9.17) is 10.7 Å². The lowest BCUT2D eigenvalue weighted by atomic mass is 9.89. The highest BCUT2D eigenvalue weighted by Crippen LogP contribution is 2.29. The average Bonchev–Trinajstić information content (AvgIpc) is 2.92. The molecular weight excluding hydrogens is 248 g/mol. The van der Waals surface area contributed by atoms with Gasteiger partial charge in [0.1, 0.15) is 5.82 Å². The first-order chi connectivity index (χ1) is 9.83. The van der Waals surface area contributed by atoms with Crippen LogP contribution in [0.2, 0.25) is 0 Å². The van der Waals surface area contributed by atoms with E-state index in [1.54, 1.807) is 0 Å². The topological polar surface area (TPSA) is 57.9 Å². The van der Waals surface area contributed by atoms with Crippen molar-refractivity contribution in [2.24, 2.45) is 5.73 Å². The van der Waals surface area contributed by atoms with E-state index in [0.29, 0.717) is 18.5 Å². The Balaban J connectivity index is 1.91. The molecule has 0 amide bonds. The van der Waals surface area contributed by atoms with Gasteiger partial charge in [0.2, 0.25) is 0 Å². The molecule has 4 heteroatoms. The van der Waals surface area contributed by atoms with Gasteiger partial charge in [-0.2, -0.15) is 0 Å². The lowest BCUT2D eigenvalue weighted by molar-refractivity contribution is 0.131. The van der Waals surface area contributed by atoms with E-state index in [9.17, 15) is 0 Å². The fraction of sp³-hybridized carbons (Fsp3) is 0.562. The number of nitrogens with one attached hydrogen (secondary N) is 1. The summed E-state index contributed by atoms with van der Waals surface area (Å²) in [6.07, 6.45) is 3.84. The van der Waals surface area contributed by atoms with E-state index >= 15 is 0 Å². The highest BCUT2D eigenvalue weighted by atomic mass is 15.2. The van der Waals surface area contributed by atoms with E-state index in [1.165, 1.54) is 25.8 Å². The first-order valence-electron chi connectivity index (χ1n) is 7.72. The van der Waals surface area contributed by atoms with Gasteiger partial charge >= 0.3 is 0 Å². The third-order valence-electron chi connectivity index (χ3n) is 4.55. The quantitative estimate of drug-likeness (QED) is 0.899. The van der Waals surface area contributed by atoms with Gasteiger partial charge < -0.3 is 10.7 Å². The molecule has 0 aliphatic carbocycles. The number of H-pyrrole nitrogens is 1. The SMILES string of the molecule is CCN1CCCCC1C(CN)c1nc2ccccc2[nH]1. The van der Waals surface area contributed by atoms with Gasteiger partial charge in [-0.25, -0.2) is 4.98 Å². The van der Waals surface area contributed by atoms with Gasteiger partial charge in [-0.1, -0.05) is 25.5 Å². The number of likely N-dealkylation sites (tertiary alicyclic amines) is 1. The van der Waals surface area contributed by atoms with Gasteiger partial charge in [0.05, 0.1) is 11.0 Å². The van der Waals surface area contributed by atoms with E-state index in [0.717, 1.165) is 23.4 Å². The number of para-hydroxylation sites is 2. The molecule has 1 aromatic carbocycles. The fourth-order valence-electron chi connectivity index (χ4n) is 3.46. The van der Waals surface area contributed by atoms with Gasteiger partial charge in [0, 0.05) is 18.5 Å². The van der Waals surface area contributed by atoms with Crippen molar-refractivity contribution in [3.63, 3.8) is 0 Å². The average molecular weight is 272 g/mol. The zero-order valence-electron chi connectivity index (χ0n) is 12.2. The Labute approximate surface area is 120 Å². The number of aromatic nitrogens is 2. The van der Waals surface area contributed by atoms with Gasteiger partial charge in [-0.3, -0.25) is 4.90 Å². The summed E-state index contributed by atoms with van der Waals surface area (Å²) in [6.45, 7) is 5.19. The minimum absolute atomic E-state index is 0.308. The molecule has 3 rings (SSSR count). The van der Waals surface area contributed by atoms with Crippen LogP contribution < -0.4 is 5.73 Å². The number of benzene rings is 1. The van der Waals surface area contributed by atoms with E-state index < -0.39 is 0 Å². The second-order valence-corrected chi connectivity index (χ2v) is 5.67. The Morgan fingerprint density at radius 2 is 2.25 bits per heavy atom. The minimum atomic E-state index is 0.308. The first-order valence-corrected chi connectivity index (χ1v) is 7.72. The number of aromatic amines is 1. The van der Waals surface area contributed by atoms with E-state index in [1.807, 2.05) is 12.1 Å². The van der Waals surface area contributed by atoms with Crippen molar-refractivity contribution >= 4 is 11.0 Å². The Hall–Kier alpha value is -1.39. The van der Waals surface area contributed by atoms with Crippen molar-refractivity contribution in [2.75, 3.05) is 19.6 Å². The first kappa shape index (κ1) is 13.6. The zero-order valence-corrected chi connectivity index (χ0v) is 12.2. The van der Waals surface area contributed by atoms with Gasteiger partial charge in [0.15, 0.2) is 0 Å². The molecule has 1 aromatic heterocycles. The number of hydrogen-bond donors (Lipinski definition) is 2. The number of hydrogen-bond acceptors (Lipinski definition) is 3. The van der Waals surface area contributed by atoms with Crippen LogP contribution >= 0.6 is 0 Å². The summed E-state index contributed by atoms with van der Waals surface area (Å²) in [7, 11) is 0. The molecule has 20 heavy (non-hydrogen) atoms. The Bertz CT molecular complexity index is 529. The van der Waals surface area contributed by atoms with Crippen molar-refractivity contribution in [3.8, 4) is 0 Å². The minimum Gasteiger partial charge on any atom is -0.342 e. The molecule has 4 nitrogen and oxygen atoms in total. The number of nitrogens with zero attached hydrogens (tertiary/aromatic N) is 2. The number of imidazole rings is 1. The highest BCUT2D eigenvalue weighted by molar-refractivity contribution is 5.74. The van der Waals surface area contributed by atoms with Crippen molar-refractivity contribution in [1.29, 1.82) is 0 Å². The van der Waals surface area contributed by atoms with Crippen molar-refractivity contribution < 1.29 is 0 Å². The predicted octanol–water partition coefficient (Wildman–Crippen LogP) is 2.48. The maximum atomic E-state index is 6.09. The number of fused-ring (bicyclic) bond motifs is 1. The van der Waals surface area contributed by atoms with Crippen LogP contribution in [0.25, 0.3) is 11.0 Å². The summed E-state index contributed by atoms with van der Waals surface area (Å²) in [5.41, 5.74) is 8.24. The third kappa shape index (κ3) is 2.45. The summed E-state index contributed by atoms with van der Waals surface area (Å²) in [4.78, 5) is 10.8. The maximum absolute atomic E-state index is 6.09. The van der Waals surface area contributed by atoms with Crippen LogP contribution in [0.15, 0.2) is 24.3 Å². The second kappa shape index (κ2) is 5.94. The van der Waals surface area contributed by atoms with E-state index in [2.05, 4.69) is 28.9 Å². The summed E-state index contributed by atoms with van der Waals surface area (Å²) in [5.74, 6) is 1.36. The second-order valence-electron chi connectivity index (χ2n) is 5.67. The molecule has 1 aliphatic rings. The van der Waals surface area contributed by atoms with Crippen LogP contribution in [0.4, 0.5) is 0 Å². The van der Waals surface area contributed by atoms with Gasteiger partial charge in [-0.05, 0) is 38.1 Å². The Morgan fingerprint density at radius 1 is 1.40 bits per heavy atom. The molecule has 2 heterocycles. The molecule has 0 radical (unpaired) electrons. The standard InChI is InChI=1S/C16H24N4/c1-2-20-10-6-5-9-15(20)12(11-17)16-18-13-7-3-4-8-14(13)19-16/h3-4,7-8,12,15H,2,5-6,9-11,17H2,1H3,(H,18,19). The van der Waals surface area contributed by atoms with Gasteiger partial charge in [0.25, 0.3) is 0 Å². The fourth-order valence-corrected chi connectivity index (χ4v) is 3.46. The van der Waals surface area contributed by atoms with Crippen LogP contribution in [0.5, 0.6) is 0 Å². The highest BCUT2D eigenvalue weighted by Gasteiger charge is 2.31. The van der Waals surface area contributed by atoms with E-state index in [-0.39, 0.29) is 0 Å². The number of piperidine rings is 1. The molecule has 2 atom stereocenters. The van der Waals surface area contributed by atoms with Gasteiger partial charge in [-0.15, -0.1) is 0 Å². The lowest BCUT2D eigenvalue weighted by Gasteiger charge is -2.38. The molecule has 108 valence electrons. The van der Waals surface area contributed by atoms with Crippen LogP contribution in [0.1, 0.15) is 37.9 Å². The normalized spacial score (nSPS) is 22.2. The third-order valence-corrected chi connectivity index (χ3v) is 4.55. The Kier molecular flexibility index (Phi) is 4.03. The largest absolute Gasteiger partial charge is 0.342 e. The molecule has 1 aliphatic heterocycles. The van der Waals surface area contributed by atoms with Crippen LogP contribution in [0.3, 0.4) is 0 Å². The number of rotatable bonds is 4. The molecule has 3 N–H and O–H groups in total. The molecule has 0 spiro atoms. The van der Waals surface area contributed by atoms with Crippen molar-refractivity contribution in [3.05, 3.63) is 30.1 Å². The number of likely N-dealkylation sites (N-methyl/N-ethyl adjacent to an activating group) is 1. The summed E-state index contributed by atoms with van der Waals surface area (Å²) in [6, 6.07) is 8.74. The summed E-state index contributed by atoms with van der Waals surface area (Å²) >= 11 is 0.